The van der Waals surface area contributed by atoms with Crippen molar-refractivity contribution in [3.05, 3.63) is 53.6 Å². The molecule has 4 heteroatoms. The maximum Gasteiger partial charge on any atom is 0.134 e. The molecule has 0 aliphatic carbocycles. The maximum atomic E-state index is 14.1. The summed E-state index contributed by atoms with van der Waals surface area (Å²) in [5.41, 5.74) is 1.32. The lowest BCUT2D eigenvalue weighted by atomic mass is 10.0. The SMILES string of the molecule is CCNCc1ccc(-c2ccc(OC)cc2F)c(F)c1. The molecule has 0 bridgehead atoms. The van der Waals surface area contributed by atoms with Crippen molar-refractivity contribution in [2.24, 2.45) is 0 Å². The number of rotatable bonds is 5. The minimum Gasteiger partial charge on any atom is -0.497 e. The highest BCUT2D eigenvalue weighted by Gasteiger charge is 2.11. The van der Waals surface area contributed by atoms with Gasteiger partial charge in [-0.15, -0.1) is 0 Å². The average Bonchev–Trinajstić information content (AvgIpc) is 2.45. The van der Waals surface area contributed by atoms with Gasteiger partial charge in [-0.05, 0) is 30.3 Å². The molecule has 2 nitrogen and oxygen atoms in total. The molecule has 106 valence electrons. The van der Waals surface area contributed by atoms with E-state index in [9.17, 15) is 8.78 Å². The smallest absolute Gasteiger partial charge is 0.134 e. The Labute approximate surface area is 117 Å². The molecule has 2 rings (SSSR count). The first-order valence-electron chi connectivity index (χ1n) is 6.48. The van der Waals surface area contributed by atoms with E-state index < -0.39 is 11.6 Å². The predicted molar refractivity (Wildman–Crippen MR) is 75.7 cm³/mol. The number of benzene rings is 2. The van der Waals surface area contributed by atoms with Crippen LogP contribution < -0.4 is 10.1 Å². The van der Waals surface area contributed by atoms with Crippen molar-refractivity contribution < 1.29 is 13.5 Å². The Balaban J connectivity index is 2.33. The van der Waals surface area contributed by atoms with Gasteiger partial charge in [-0.1, -0.05) is 19.1 Å². The van der Waals surface area contributed by atoms with Gasteiger partial charge in [0.15, 0.2) is 0 Å². The van der Waals surface area contributed by atoms with Crippen LogP contribution in [-0.4, -0.2) is 13.7 Å². The van der Waals surface area contributed by atoms with Gasteiger partial charge in [-0.25, -0.2) is 8.78 Å². The van der Waals surface area contributed by atoms with Gasteiger partial charge in [0.05, 0.1) is 7.11 Å². The van der Waals surface area contributed by atoms with Crippen molar-refractivity contribution >= 4 is 0 Å². The summed E-state index contributed by atoms with van der Waals surface area (Å²) in [6.07, 6.45) is 0. The second kappa shape index (κ2) is 6.48. The van der Waals surface area contributed by atoms with E-state index in [1.54, 1.807) is 18.2 Å². The lowest BCUT2D eigenvalue weighted by Crippen LogP contribution is -2.11. The number of nitrogens with one attached hydrogen (secondary N) is 1. The van der Waals surface area contributed by atoms with Gasteiger partial charge in [-0.2, -0.15) is 0 Å². The molecule has 0 aromatic heterocycles. The molecule has 0 fully saturated rings. The first-order valence-corrected chi connectivity index (χ1v) is 6.48. The number of halogens is 2. The summed E-state index contributed by atoms with van der Waals surface area (Å²) in [6, 6.07) is 9.22. The second-order valence-electron chi connectivity index (χ2n) is 4.44. The quantitative estimate of drug-likeness (QED) is 0.898. The lowest BCUT2D eigenvalue weighted by Gasteiger charge is -2.09. The van der Waals surface area contributed by atoms with Crippen molar-refractivity contribution in [1.29, 1.82) is 0 Å². The fourth-order valence-electron chi connectivity index (χ4n) is 2.00. The van der Waals surface area contributed by atoms with Crippen LogP contribution in [0.2, 0.25) is 0 Å². The molecule has 2 aromatic carbocycles. The Morgan fingerprint density at radius 3 is 2.20 bits per heavy atom. The highest BCUT2D eigenvalue weighted by atomic mass is 19.1. The molecule has 1 N–H and O–H groups in total. The van der Waals surface area contributed by atoms with Gasteiger partial charge in [-0.3, -0.25) is 0 Å². The minimum absolute atomic E-state index is 0.235. The Morgan fingerprint density at radius 1 is 1.00 bits per heavy atom. The molecule has 0 amide bonds. The molecule has 2 aromatic rings. The van der Waals surface area contributed by atoms with Crippen molar-refractivity contribution in [2.45, 2.75) is 13.5 Å². The molecule has 0 saturated carbocycles. The summed E-state index contributed by atoms with van der Waals surface area (Å²) >= 11 is 0. The van der Waals surface area contributed by atoms with Gasteiger partial charge in [0.25, 0.3) is 0 Å². The van der Waals surface area contributed by atoms with Crippen LogP contribution in [0.3, 0.4) is 0 Å². The van der Waals surface area contributed by atoms with E-state index in [4.69, 9.17) is 4.74 Å². The van der Waals surface area contributed by atoms with E-state index in [-0.39, 0.29) is 11.1 Å². The predicted octanol–water partition coefficient (Wildman–Crippen LogP) is 3.75. The molecule has 0 aliphatic rings. The summed E-state index contributed by atoms with van der Waals surface area (Å²) in [5, 5.41) is 3.12. The summed E-state index contributed by atoms with van der Waals surface area (Å²) in [7, 11) is 1.46. The number of ether oxygens (including phenoxy) is 1. The van der Waals surface area contributed by atoms with Crippen LogP contribution in [0.1, 0.15) is 12.5 Å². The third-order valence-electron chi connectivity index (χ3n) is 3.08. The van der Waals surface area contributed by atoms with Crippen LogP contribution in [0.5, 0.6) is 5.75 Å². The molecular weight excluding hydrogens is 260 g/mol. The zero-order chi connectivity index (χ0) is 14.5. The van der Waals surface area contributed by atoms with Crippen molar-refractivity contribution in [1.82, 2.24) is 5.32 Å². The van der Waals surface area contributed by atoms with E-state index in [2.05, 4.69) is 5.32 Å². The number of methoxy groups -OCH3 is 1. The van der Waals surface area contributed by atoms with Crippen LogP contribution in [-0.2, 0) is 6.54 Å². The van der Waals surface area contributed by atoms with Gasteiger partial charge < -0.3 is 10.1 Å². The molecule has 0 saturated heterocycles. The normalized spacial score (nSPS) is 10.6. The lowest BCUT2D eigenvalue weighted by molar-refractivity contribution is 0.411. The molecular formula is C16H17F2NO. The van der Waals surface area contributed by atoms with Gasteiger partial charge in [0, 0.05) is 23.7 Å². The van der Waals surface area contributed by atoms with Crippen LogP contribution in [0.4, 0.5) is 8.78 Å². The summed E-state index contributed by atoms with van der Waals surface area (Å²) < 4.78 is 33.0. The van der Waals surface area contributed by atoms with Gasteiger partial charge >= 0.3 is 0 Å². The fraction of sp³-hybridized carbons (Fsp3) is 0.250. The highest BCUT2D eigenvalue weighted by molar-refractivity contribution is 5.66. The standard InChI is InChI=1S/C16H17F2NO/c1-3-19-10-11-4-6-13(15(17)8-11)14-7-5-12(20-2)9-16(14)18/h4-9,19H,3,10H2,1-2H3. The van der Waals surface area contributed by atoms with Crippen molar-refractivity contribution in [3.8, 4) is 16.9 Å². The number of hydrogen-bond acceptors (Lipinski definition) is 2. The molecule has 0 aliphatic heterocycles. The van der Waals surface area contributed by atoms with Crippen LogP contribution in [0, 0.1) is 11.6 Å². The second-order valence-corrected chi connectivity index (χ2v) is 4.44. The summed E-state index contributed by atoms with van der Waals surface area (Å²) in [6.45, 7) is 3.40. The third kappa shape index (κ3) is 3.14. The molecule has 20 heavy (non-hydrogen) atoms. The minimum atomic E-state index is -0.498. The average molecular weight is 277 g/mol. The monoisotopic (exact) mass is 277 g/mol. The van der Waals surface area contributed by atoms with E-state index in [1.807, 2.05) is 6.92 Å². The zero-order valence-electron chi connectivity index (χ0n) is 11.5. The number of hydrogen-bond donors (Lipinski definition) is 1. The Kier molecular flexibility index (Phi) is 4.69. The molecule has 0 spiro atoms. The Morgan fingerprint density at radius 2 is 1.65 bits per heavy atom. The van der Waals surface area contributed by atoms with Gasteiger partial charge in [0.2, 0.25) is 0 Å². The Hall–Kier alpha value is -1.94. The largest absolute Gasteiger partial charge is 0.497 e. The van der Waals surface area contributed by atoms with Crippen molar-refractivity contribution in [3.63, 3.8) is 0 Å². The van der Waals surface area contributed by atoms with E-state index >= 15 is 0 Å². The molecule has 0 radical (unpaired) electrons. The van der Waals surface area contributed by atoms with E-state index in [0.717, 1.165) is 12.1 Å². The topological polar surface area (TPSA) is 21.3 Å². The first kappa shape index (κ1) is 14.5. The van der Waals surface area contributed by atoms with Crippen LogP contribution in [0.25, 0.3) is 11.1 Å². The zero-order valence-corrected chi connectivity index (χ0v) is 11.5. The summed E-state index contributed by atoms with van der Waals surface area (Å²) in [4.78, 5) is 0. The first-order chi connectivity index (χ1) is 9.65. The fourth-order valence-corrected chi connectivity index (χ4v) is 2.00. The highest BCUT2D eigenvalue weighted by Crippen LogP contribution is 2.28. The maximum absolute atomic E-state index is 14.1. The molecule has 0 unspecified atom stereocenters. The Bertz CT molecular complexity index is 599. The molecule has 0 atom stereocenters. The van der Waals surface area contributed by atoms with E-state index in [1.165, 1.54) is 25.3 Å². The summed E-state index contributed by atoms with van der Waals surface area (Å²) in [5.74, 6) is -0.512. The van der Waals surface area contributed by atoms with Crippen LogP contribution in [0.15, 0.2) is 36.4 Å². The van der Waals surface area contributed by atoms with Crippen LogP contribution >= 0.6 is 0 Å². The van der Waals surface area contributed by atoms with E-state index in [0.29, 0.717) is 12.3 Å². The molecule has 0 heterocycles. The van der Waals surface area contributed by atoms with Gasteiger partial charge in [0.1, 0.15) is 17.4 Å². The third-order valence-corrected chi connectivity index (χ3v) is 3.08. The van der Waals surface area contributed by atoms with Crippen molar-refractivity contribution in [2.75, 3.05) is 13.7 Å².